The number of hydrogen-bond donors (Lipinski definition) is 1. The first-order chi connectivity index (χ1) is 16.1. The van der Waals surface area contributed by atoms with E-state index < -0.39 is 0 Å². The molecule has 1 saturated heterocycles. The van der Waals surface area contributed by atoms with Crippen LogP contribution in [0.5, 0.6) is 5.75 Å². The van der Waals surface area contributed by atoms with E-state index in [4.69, 9.17) is 9.84 Å². The lowest BCUT2D eigenvalue weighted by Crippen LogP contribution is -2.36. The van der Waals surface area contributed by atoms with Gasteiger partial charge < -0.3 is 9.84 Å². The number of carbonyl (C=O) groups excluding carboxylic acids is 1. The van der Waals surface area contributed by atoms with E-state index in [1.165, 1.54) is 6.07 Å². The van der Waals surface area contributed by atoms with E-state index in [0.717, 1.165) is 48.4 Å². The molecular weight excluding hydrogens is 417 g/mol. The summed E-state index contributed by atoms with van der Waals surface area (Å²) in [7, 11) is 1.65. The fourth-order valence-corrected chi connectivity index (χ4v) is 4.55. The highest BCUT2D eigenvalue weighted by molar-refractivity contribution is 5.86. The Morgan fingerprint density at radius 1 is 1.03 bits per heavy atom. The molecule has 0 radical (unpaired) electrons. The molecule has 0 aromatic heterocycles. The number of hydrogen-bond acceptors (Lipinski definition) is 4. The number of Topliss-reactive ketones (excluding diaryl/α,β-unsaturated/α-hetero) is 1. The summed E-state index contributed by atoms with van der Waals surface area (Å²) in [4.78, 5) is 15.3. The minimum absolute atomic E-state index is 0.0289. The predicted octanol–water partition coefficient (Wildman–Crippen LogP) is 5.02. The Hall–Kier alpha value is -3.02. The molecule has 0 saturated carbocycles. The second-order valence-corrected chi connectivity index (χ2v) is 8.67. The lowest BCUT2D eigenvalue weighted by atomic mass is 9.87. The zero-order valence-electron chi connectivity index (χ0n) is 19.0. The van der Waals surface area contributed by atoms with Crippen molar-refractivity contribution in [3.8, 4) is 16.9 Å². The molecule has 0 bridgehead atoms. The topological polar surface area (TPSA) is 49.8 Å². The average Bonchev–Trinajstić information content (AvgIpc) is 2.86. The van der Waals surface area contributed by atoms with Crippen molar-refractivity contribution in [3.63, 3.8) is 0 Å². The van der Waals surface area contributed by atoms with Gasteiger partial charge in [0.25, 0.3) is 0 Å². The third-order valence-corrected chi connectivity index (χ3v) is 6.50. The molecule has 5 heteroatoms. The number of carbonyl (C=O) groups is 1. The van der Waals surface area contributed by atoms with Gasteiger partial charge in [0.05, 0.1) is 13.7 Å². The zero-order valence-corrected chi connectivity index (χ0v) is 19.0. The summed E-state index contributed by atoms with van der Waals surface area (Å²) in [5.41, 5.74) is 4.34. The van der Waals surface area contributed by atoms with Crippen LogP contribution in [0.15, 0.2) is 66.7 Å². The summed E-state index contributed by atoms with van der Waals surface area (Å²) in [5, 5.41) is 9.15. The molecule has 0 aliphatic carbocycles. The SMILES string of the molecule is COc1cccc(-c2ccccc2CC(=O)C2CCN(Cc3ccc(CO)cc3F)CC2)c1. The summed E-state index contributed by atoms with van der Waals surface area (Å²) in [6.45, 7) is 1.91. The maximum atomic E-state index is 14.3. The van der Waals surface area contributed by atoms with Crippen LogP contribution in [0.3, 0.4) is 0 Å². The number of halogens is 1. The molecule has 4 nitrogen and oxygen atoms in total. The first-order valence-electron chi connectivity index (χ1n) is 11.4. The Labute approximate surface area is 194 Å². The fourth-order valence-electron chi connectivity index (χ4n) is 4.55. The summed E-state index contributed by atoms with van der Waals surface area (Å²) < 4.78 is 19.6. The van der Waals surface area contributed by atoms with E-state index in [1.807, 2.05) is 42.5 Å². The minimum atomic E-state index is -0.283. The summed E-state index contributed by atoms with van der Waals surface area (Å²) in [6.07, 6.45) is 1.99. The monoisotopic (exact) mass is 447 g/mol. The summed E-state index contributed by atoms with van der Waals surface area (Å²) in [5.74, 6) is 0.807. The van der Waals surface area contributed by atoms with Gasteiger partial charge in [0, 0.05) is 24.4 Å². The minimum Gasteiger partial charge on any atom is -0.497 e. The number of aliphatic hydroxyl groups is 1. The van der Waals surface area contributed by atoms with Gasteiger partial charge in [-0.2, -0.15) is 0 Å². The van der Waals surface area contributed by atoms with Crippen molar-refractivity contribution in [3.05, 3.63) is 89.2 Å². The maximum absolute atomic E-state index is 14.3. The van der Waals surface area contributed by atoms with Crippen molar-refractivity contribution >= 4 is 5.78 Å². The van der Waals surface area contributed by atoms with Crippen molar-refractivity contribution in [2.45, 2.75) is 32.4 Å². The van der Waals surface area contributed by atoms with Crippen molar-refractivity contribution in [2.75, 3.05) is 20.2 Å². The molecule has 0 atom stereocenters. The molecule has 0 unspecified atom stereocenters. The number of likely N-dealkylation sites (tertiary alicyclic amines) is 1. The Morgan fingerprint density at radius 2 is 1.82 bits per heavy atom. The van der Waals surface area contributed by atoms with Crippen LogP contribution >= 0.6 is 0 Å². The van der Waals surface area contributed by atoms with Crippen LogP contribution in [0.1, 0.15) is 29.5 Å². The van der Waals surface area contributed by atoms with E-state index in [9.17, 15) is 9.18 Å². The molecular formula is C28H30FNO3. The van der Waals surface area contributed by atoms with Crippen molar-refractivity contribution in [2.24, 2.45) is 5.92 Å². The molecule has 1 aliphatic rings. The highest BCUT2D eigenvalue weighted by Crippen LogP contribution is 2.29. The Bertz CT molecular complexity index is 1110. The van der Waals surface area contributed by atoms with Gasteiger partial charge in [0.15, 0.2) is 0 Å². The van der Waals surface area contributed by atoms with Gasteiger partial charge in [-0.1, -0.05) is 48.5 Å². The van der Waals surface area contributed by atoms with Gasteiger partial charge in [0.1, 0.15) is 17.3 Å². The van der Waals surface area contributed by atoms with Gasteiger partial charge in [0.2, 0.25) is 0 Å². The standard InChI is InChI=1S/C28H30FNO3/c1-33-25-7-4-6-22(16-25)26-8-3-2-5-23(26)17-28(32)21-11-13-30(14-12-21)18-24-10-9-20(19-31)15-27(24)29/h2-10,15-16,21,31H,11-14,17-19H2,1H3. The Morgan fingerprint density at radius 3 is 2.55 bits per heavy atom. The second kappa shape index (κ2) is 10.7. The van der Waals surface area contributed by atoms with Gasteiger partial charge in [-0.15, -0.1) is 0 Å². The maximum Gasteiger partial charge on any atom is 0.140 e. The molecule has 1 N–H and O–H groups in total. The molecule has 3 aromatic rings. The second-order valence-electron chi connectivity index (χ2n) is 8.67. The number of rotatable bonds is 8. The summed E-state index contributed by atoms with van der Waals surface area (Å²) >= 11 is 0. The smallest absolute Gasteiger partial charge is 0.140 e. The van der Waals surface area contributed by atoms with E-state index in [1.54, 1.807) is 19.2 Å². The van der Waals surface area contributed by atoms with Gasteiger partial charge in [-0.25, -0.2) is 4.39 Å². The normalized spacial score (nSPS) is 14.9. The third kappa shape index (κ3) is 5.67. The summed E-state index contributed by atoms with van der Waals surface area (Å²) in [6, 6.07) is 20.9. The van der Waals surface area contributed by atoms with Gasteiger partial charge >= 0.3 is 0 Å². The molecule has 0 amide bonds. The number of benzene rings is 3. The van der Waals surface area contributed by atoms with Crippen LogP contribution in [-0.4, -0.2) is 36.0 Å². The lowest BCUT2D eigenvalue weighted by Gasteiger charge is -2.31. The number of nitrogens with zero attached hydrogens (tertiary/aromatic N) is 1. The van der Waals surface area contributed by atoms with Crippen LogP contribution in [0, 0.1) is 11.7 Å². The highest BCUT2D eigenvalue weighted by atomic mass is 19.1. The van der Waals surface area contributed by atoms with Crippen molar-refractivity contribution < 1.29 is 19.0 Å². The van der Waals surface area contributed by atoms with Crippen molar-refractivity contribution in [1.82, 2.24) is 4.90 Å². The number of ether oxygens (including phenoxy) is 1. The van der Waals surface area contributed by atoms with Crippen LogP contribution in [0.4, 0.5) is 4.39 Å². The average molecular weight is 448 g/mol. The van der Waals surface area contributed by atoms with E-state index in [0.29, 0.717) is 24.1 Å². The number of aliphatic hydroxyl groups excluding tert-OH is 1. The highest BCUT2D eigenvalue weighted by Gasteiger charge is 2.26. The lowest BCUT2D eigenvalue weighted by molar-refractivity contribution is -0.123. The largest absolute Gasteiger partial charge is 0.497 e. The predicted molar refractivity (Wildman–Crippen MR) is 127 cm³/mol. The molecule has 3 aromatic carbocycles. The fraction of sp³-hybridized carbons (Fsp3) is 0.321. The first kappa shape index (κ1) is 23.1. The Kier molecular flexibility index (Phi) is 7.53. The van der Waals surface area contributed by atoms with Crippen LogP contribution in [0.25, 0.3) is 11.1 Å². The molecule has 33 heavy (non-hydrogen) atoms. The first-order valence-corrected chi connectivity index (χ1v) is 11.4. The third-order valence-electron chi connectivity index (χ3n) is 6.50. The van der Waals surface area contributed by atoms with Crippen LogP contribution in [-0.2, 0) is 24.4 Å². The molecule has 1 heterocycles. The van der Waals surface area contributed by atoms with Crippen LogP contribution < -0.4 is 4.74 Å². The van der Waals surface area contributed by atoms with E-state index in [-0.39, 0.29) is 24.1 Å². The molecule has 1 fully saturated rings. The van der Waals surface area contributed by atoms with E-state index in [2.05, 4.69) is 11.0 Å². The Balaban J connectivity index is 1.37. The number of ketones is 1. The quantitative estimate of drug-likeness (QED) is 0.527. The zero-order chi connectivity index (χ0) is 23.2. The van der Waals surface area contributed by atoms with Crippen molar-refractivity contribution in [1.29, 1.82) is 0 Å². The van der Waals surface area contributed by atoms with E-state index >= 15 is 0 Å². The van der Waals surface area contributed by atoms with Gasteiger partial charge in [-0.3, -0.25) is 9.69 Å². The molecule has 172 valence electrons. The molecule has 4 rings (SSSR count). The van der Waals surface area contributed by atoms with Crippen LogP contribution in [0.2, 0.25) is 0 Å². The number of methoxy groups -OCH3 is 1. The number of piperidine rings is 1. The molecule has 1 aliphatic heterocycles. The molecule has 0 spiro atoms. The van der Waals surface area contributed by atoms with Gasteiger partial charge in [-0.05, 0) is 66.4 Å².